The van der Waals surface area contributed by atoms with Crippen molar-refractivity contribution in [2.75, 3.05) is 6.61 Å². The van der Waals surface area contributed by atoms with Gasteiger partial charge in [0, 0.05) is 12.2 Å². The summed E-state index contributed by atoms with van der Waals surface area (Å²) in [5.74, 6) is 2.97. The molecule has 0 spiro atoms. The van der Waals surface area contributed by atoms with Gasteiger partial charge in [0.05, 0.1) is 16.5 Å². The Labute approximate surface area is 164 Å². The first-order valence-corrected chi connectivity index (χ1v) is 10.2. The lowest BCUT2D eigenvalue weighted by atomic mass is 10.00. The van der Waals surface area contributed by atoms with Crippen LogP contribution in [0.25, 0.3) is 22.4 Å². The number of terminal acetylenes is 1. The van der Waals surface area contributed by atoms with E-state index >= 15 is 0 Å². The Morgan fingerprint density at radius 1 is 1.14 bits per heavy atom. The molecular formula is C21H20N2O4S. The summed E-state index contributed by atoms with van der Waals surface area (Å²) >= 11 is 0. The van der Waals surface area contributed by atoms with Crippen LogP contribution in [-0.2, 0) is 10.0 Å². The first-order valence-electron chi connectivity index (χ1n) is 8.67. The van der Waals surface area contributed by atoms with Gasteiger partial charge in [0.25, 0.3) is 0 Å². The molecule has 0 unspecified atom stereocenters. The average molecular weight is 396 g/mol. The van der Waals surface area contributed by atoms with Gasteiger partial charge in [-0.05, 0) is 31.0 Å². The largest absolute Gasteiger partial charge is 0.396 e. The number of sulfonamides is 1. The highest BCUT2D eigenvalue weighted by molar-refractivity contribution is 7.89. The predicted octanol–water partition coefficient (Wildman–Crippen LogP) is 2.98. The van der Waals surface area contributed by atoms with Crippen molar-refractivity contribution in [1.29, 1.82) is 0 Å². The van der Waals surface area contributed by atoms with Crippen molar-refractivity contribution in [2.45, 2.75) is 24.3 Å². The van der Waals surface area contributed by atoms with Crippen LogP contribution in [0.5, 0.6) is 0 Å². The third-order valence-corrected chi connectivity index (χ3v) is 5.77. The number of aliphatic hydroxyl groups is 1. The van der Waals surface area contributed by atoms with Crippen LogP contribution >= 0.6 is 0 Å². The first kappa shape index (κ1) is 19.8. The van der Waals surface area contributed by atoms with E-state index in [9.17, 15) is 8.42 Å². The lowest BCUT2D eigenvalue weighted by Crippen LogP contribution is -2.34. The molecule has 1 atom stereocenters. The molecule has 0 aliphatic rings. The molecule has 0 saturated carbocycles. The molecule has 7 heteroatoms. The number of rotatable bonds is 7. The summed E-state index contributed by atoms with van der Waals surface area (Å²) in [6, 6.07) is 15.3. The Kier molecular flexibility index (Phi) is 5.95. The molecule has 0 amide bonds. The number of benzene rings is 2. The molecule has 2 N–H and O–H groups in total. The van der Waals surface area contributed by atoms with Crippen LogP contribution in [0.2, 0.25) is 0 Å². The van der Waals surface area contributed by atoms with Crippen LogP contribution in [0.1, 0.15) is 12.2 Å². The normalized spacial score (nSPS) is 12.5. The third kappa shape index (κ3) is 4.15. The van der Waals surface area contributed by atoms with Crippen LogP contribution in [0.15, 0.2) is 64.0 Å². The number of nitrogens with one attached hydrogen (secondary N) is 1. The van der Waals surface area contributed by atoms with E-state index in [1.54, 1.807) is 12.1 Å². The van der Waals surface area contributed by atoms with Gasteiger partial charge in [-0.15, -0.1) is 6.42 Å². The minimum absolute atomic E-state index is 0.0878. The van der Waals surface area contributed by atoms with E-state index in [1.165, 1.54) is 12.1 Å². The summed E-state index contributed by atoms with van der Waals surface area (Å²) in [7, 11) is -3.79. The Morgan fingerprint density at radius 2 is 1.82 bits per heavy atom. The highest BCUT2D eigenvalue weighted by Crippen LogP contribution is 2.34. The van der Waals surface area contributed by atoms with Gasteiger partial charge >= 0.3 is 0 Å². The summed E-state index contributed by atoms with van der Waals surface area (Å²) in [5, 5.41) is 13.1. The van der Waals surface area contributed by atoms with E-state index in [0.29, 0.717) is 11.5 Å². The van der Waals surface area contributed by atoms with Gasteiger partial charge in [-0.1, -0.05) is 53.5 Å². The van der Waals surface area contributed by atoms with Crippen molar-refractivity contribution in [3.63, 3.8) is 0 Å². The fourth-order valence-electron chi connectivity index (χ4n) is 2.87. The van der Waals surface area contributed by atoms with Crippen molar-refractivity contribution in [3.05, 3.63) is 60.4 Å². The molecule has 144 valence electrons. The van der Waals surface area contributed by atoms with Gasteiger partial charge in [0.2, 0.25) is 10.0 Å². The molecule has 1 aromatic heterocycles. The molecule has 0 aliphatic carbocycles. The van der Waals surface area contributed by atoms with Gasteiger partial charge < -0.3 is 9.63 Å². The molecule has 6 nitrogen and oxygen atoms in total. The zero-order chi connectivity index (χ0) is 20.1. The van der Waals surface area contributed by atoms with Crippen molar-refractivity contribution in [2.24, 2.45) is 0 Å². The SMILES string of the molecule is C#C[C@H](CCO)NS(=O)(=O)c1ccc(-c2c(-c3ccccc3)noc2C)cc1. The van der Waals surface area contributed by atoms with Gasteiger partial charge in [0.1, 0.15) is 11.5 Å². The predicted molar refractivity (Wildman–Crippen MR) is 107 cm³/mol. The number of aliphatic hydroxyl groups excluding tert-OH is 1. The van der Waals surface area contributed by atoms with Crippen LogP contribution in [-0.4, -0.2) is 31.3 Å². The highest BCUT2D eigenvalue weighted by Gasteiger charge is 2.20. The average Bonchev–Trinajstić information content (AvgIpc) is 3.09. The molecule has 3 aromatic rings. The Bertz CT molecular complexity index is 1080. The van der Waals surface area contributed by atoms with E-state index in [2.05, 4.69) is 15.8 Å². The minimum Gasteiger partial charge on any atom is -0.396 e. The zero-order valence-corrected chi connectivity index (χ0v) is 16.1. The second-order valence-corrected chi connectivity index (χ2v) is 7.92. The third-order valence-electron chi connectivity index (χ3n) is 4.28. The number of aromatic nitrogens is 1. The second-order valence-electron chi connectivity index (χ2n) is 6.21. The summed E-state index contributed by atoms with van der Waals surface area (Å²) in [5.41, 5.74) is 3.21. The van der Waals surface area contributed by atoms with Crippen LogP contribution in [0.3, 0.4) is 0 Å². The molecule has 0 aliphatic heterocycles. The monoisotopic (exact) mass is 396 g/mol. The molecule has 2 aromatic carbocycles. The Balaban J connectivity index is 1.92. The molecule has 1 heterocycles. The Morgan fingerprint density at radius 3 is 2.43 bits per heavy atom. The number of nitrogens with zero attached hydrogens (tertiary/aromatic N) is 1. The maximum atomic E-state index is 12.5. The lowest BCUT2D eigenvalue weighted by Gasteiger charge is -2.12. The Hall–Kier alpha value is -2.92. The highest BCUT2D eigenvalue weighted by atomic mass is 32.2. The first-order chi connectivity index (χ1) is 13.5. The summed E-state index contributed by atoms with van der Waals surface area (Å²) in [6.45, 7) is 1.61. The van der Waals surface area contributed by atoms with E-state index < -0.39 is 16.1 Å². The molecule has 28 heavy (non-hydrogen) atoms. The van der Waals surface area contributed by atoms with Crippen LogP contribution in [0, 0.1) is 19.3 Å². The molecule has 0 radical (unpaired) electrons. The van der Waals surface area contributed by atoms with Gasteiger partial charge in [-0.2, -0.15) is 4.72 Å². The van der Waals surface area contributed by atoms with Crippen molar-refractivity contribution in [3.8, 4) is 34.7 Å². The maximum Gasteiger partial charge on any atom is 0.241 e. The molecule has 0 fully saturated rings. The molecule has 0 saturated heterocycles. The van der Waals surface area contributed by atoms with E-state index in [-0.39, 0.29) is 17.9 Å². The topological polar surface area (TPSA) is 92.4 Å². The summed E-state index contributed by atoms with van der Waals surface area (Å²) in [4.78, 5) is 0.0878. The number of hydrogen-bond acceptors (Lipinski definition) is 5. The van der Waals surface area contributed by atoms with E-state index in [4.69, 9.17) is 16.1 Å². The summed E-state index contributed by atoms with van der Waals surface area (Å²) in [6.07, 6.45) is 5.46. The van der Waals surface area contributed by atoms with E-state index in [0.717, 1.165) is 16.7 Å². The summed E-state index contributed by atoms with van der Waals surface area (Å²) < 4.78 is 32.8. The number of hydrogen-bond donors (Lipinski definition) is 2. The second kappa shape index (κ2) is 8.40. The lowest BCUT2D eigenvalue weighted by molar-refractivity contribution is 0.281. The van der Waals surface area contributed by atoms with E-state index in [1.807, 2.05) is 37.3 Å². The van der Waals surface area contributed by atoms with Gasteiger partial charge in [-0.25, -0.2) is 8.42 Å². The van der Waals surface area contributed by atoms with Gasteiger partial charge in [-0.3, -0.25) is 0 Å². The zero-order valence-electron chi connectivity index (χ0n) is 15.3. The van der Waals surface area contributed by atoms with Crippen molar-refractivity contribution in [1.82, 2.24) is 9.88 Å². The quantitative estimate of drug-likeness (QED) is 0.599. The molecule has 0 bridgehead atoms. The molecular weight excluding hydrogens is 376 g/mol. The maximum absolute atomic E-state index is 12.5. The fourth-order valence-corrected chi connectivity index (χ4v) is 4.06. The number of aryl methyl sites for hydroxylation is 1. The minimum atomic E-state index is -3.79. The van der Waals surface area contributed by atoms with Crippen LogP contribution < -0.4 is 4.72 Å². The van der Waals surface area contributed by atoms with Crippen molar-refractivity contribution < 1.29 is 18.0 Å². The van der Waals surface area contributed by atoms with Crippen molar-refractivity contribution >= 4 is 10.0 Å². The standard InChI is InChI=1S/C21H20N2O4S/c1-3-18(13-14-24)23-28(25,26)19-11-9-16(10-12-19)20-15(2)27-22-21(20)17-7-5-4-6-8-17/h1,4-12,18,23-24H,13-14H2,2H3/t18-/m1/s1. The van der Waals surface area contributed by atoms with Gasteiger partial charge in [0.15, 0.2) is 0 Å². The van der Waals surface area contributed by atoms with Crippen LogP contribution in [0.4, 0.5) is 0 Å². The molecule has 3 rings (SSSR count). The fraction of sp³-hybridized carbons (Fsp3) is 0.190. The smallest absolute Gasteiger partial charge is 0.241 e.